The van der Waals surface area contributed by atoms with Gasteiger partial charge in [-0.05, 0) is 30.5 Å². The maximum Gasteiger partial charge on any atom is 0.203 e. The van der Waals surface area contributed by atoms with E-state index in [9.17, 15) is 5.11 Å². The minimum atomic E-state index is -0.132. The second-order valence-electron chi connectivity index (χ2n) is 4.71. The molecule has 1 aromatic carbocycles. The van der Waals surface area contributed by atoms with Crippen LogP contribution in [0.15, 0.2) is 12.1 Å². The number of aliphatic hydroxyl groups excluding tert-OH is 1. The highest BCUT2D eigenvalue weighted by atomic mass is 16.5. The third-order valence-electron chi connectivity index (χ3n) is 3.89. The van der Waals surface area contributed by atoms with E-state index in [0.29, 0.717) is 17.2 Å². The zero-order valence-electron chi connectivity index (χ0n) is 11.2. The molecule has 1 aliphatic carbocycles. The molecule has 100 valence electrons. The third-order valence-corrected chi connectivity index (χ3v) is 3.89. The lowest BCUT2D eigenvalue weighted by molar-refractivity contribution is 0.119. The standard InChI is InChI=1S/C14H20O4/c1-16-11-7-10(14(9-15)5-4-6-14)8-12(17-2)13(11)18-3/h7-8,15H,4-6,9H2,1-3H3. The van der Waals surface area contributed by atoms with Gasteiger partial charge < -0.3 is 19.3 Å². The largest absolute Gasteiger partial charge is 0.493 e. The summed E-state index contributed by atoms with van der Waals surface area (Å²) in [6.07, 6.45) is 3.15. The number of aliphatic hydroxyl groups is 1. The fraction of sp³-hybridized carbons (Fsp3) is 0.571. The lowest BCUT2D eigenvalue weighted by Crippen LogP contribution is -2.37. The second kappa shape index (κ2) is 5.06. The van der Waals surface area contributed by atoms with Crippen molar-refractivity contribution in [1.29, 1.82) is 0 Å². The monoisotopic (exact) mass is 252 g/mol. The molecule has 2 rings (SSSR count). The van der Waals surface area contributed by atoms with Crippen molar-refractivity contribution in [2.75, 3.05) is 27.9 Å². The number of hydrogen-bond acceptors (Lipinski definition) is 4. The van der Waals surface area contributed by atoms with Crippen molar-refractivity contribution in [2.24, 2.45) is 0 Å². The molecule has 0 aliphatic heterocycles. The molecule has 1 aromatic rings. The van der Waals surface area contributed by atoms with Crippen LogP contribution in [-0.4, -0.2) is 33.0 Å². The van der Waals surface area contributed by atoms with Gasteiger partial charge in [0.05, 0.1) is 27.9 Å². The highest BCUT2D eigenvalue weighted by molar-refractivity contribution is 5.55. The molecule has 4 heteroatoms. The van der Waals surface area contributed by atoms with Gasteiger partial charge >= 0.3 is 0 Å². The fourth-order valence-electron chi connectivity index (χ4n) is 2.53. The van der Waals surface area contributed by atoms with Crippen LogP contribution in [0.4, 0.5) is 0 Å². The van der Waals surface area contributed by atoms with E-state index in [1.807, 2.05) is 12.1 Å². The average molecular weight is 252 g/mol. The van der Waals surface area contributed by atoms with Crippen LogP contribution in [0.1, 0.15) is 24.8 Å². The van der Waals surface area contributed by atoms with E-state index in [1.54, 1.807) is 21.3 Å². The number of benzene rings is 1. The molecule has 0 amide bonds. The molecule has 1 saturated carbocycles. The van der Waals surface area contributed by atoms with Crippen molar-refractivity contribution < 1.29 is 19.3 Å². The Labute approximate surface area is 107 Å². The molecular formula is C14H20O4. The predicted octanol–water partition coefficient (Wildman–Crippen LogP) is 2.13. The van der Waals surface area contributed by atoms with Crippen LogP contribution >= 0.6 is 0 Å². The molecule has 4 nitrogen and oxygen atoms in total. The molecule has 18 heavy (non-hydrogen) atoms. The van der Waals surface area contributed by atoms with E-state index in [4.69, 9.17) is 14.2 Å². The van der Waals surface area contributed by atoms with Crippen molar-refractivity contribution in [2.45, 2.75) is 24.7 Å². The predicted molar refractivity (Wildman–Crippen MR) is 68.7 cm³/mol. The molecule has 0 bridgehead atoms. The lowest BCUT2D eigenvalue weighted by atomic mass is 9.65. The SMILES string of the molecule is COc1cc(C2(CO)CCC2)cc(OC)c1OC. The van der Waals surface area contributed by atoms with Gasteiger partial charge in [-0.15, -0.1) is 0 Å². The summed E-state index contributed by atoms with van der Waals surface area (Å²) in [4.78, 5) is 0. The first-order chi connectivity index (χ1) is 8.70. The number of ether oxygens (including phenoxy) is 3. The van der Waals surface area contributed by atoms with E-state index >= 15 is 0 Å². The van der Waals surface area contributed by atoms with Gasteiger partial charge in [-0.25, -0.2) is 0 Å². The topological polar surface area (TPSA) is 47.9 Å². The summed E-state index contributed by atoms with van der Waals surface area (Å²) in [5.74, 6) is 1.88. The molecule has 0 radical (unpaired) electrons. The Balaban J connectivity index is 2.49. The summed E-state index contributed by atoms with van der Waals surface area (Å²) >= 11 is 0. The van der Waals surface area contributed by atoms with Gasteiger partial charge in [-0.3, -0.25) is 0 Å². The van der Waals surface area contributed by atoms with Gasteiger partial charge in [-0.2, -0.15) is 0 Å². The van der Waals surface area contributed by atoms with E-state index < -0.39 is 0 Å². The smallest absolute Gasteiger partial charge is 0.203 e. The maximum atomic E-state index is 9.63. The van der Waals surface area contributed by atoms with Crippen LogP contribution in [0.2, 0.25) is 0 Å². The van der Waals surface area contributed by atoms with Crippen molar-refractivity contribution in [3.63, 3.8) is 0 Å². The van der Waals surface area contributed by atoms with Gasteiger partial charge in [0.1, 0.15) is 0 Å². The number of methoxy groups -OCH3 is 3. The van der Waals surface area contributed by atoms with Crippen molar-refractivity contribution in [1.82, 2.24) is 0 Å². The Bertz CT molecular complexity index is 393. The first-order valence-electron chi connectivity index (χ1n) is 6.12. The van der Waals surface area contributed by atoms with Crippen LogP contribution in [-0.2, 0) is 5.41 Å². The minimum Gasteiger partial charge on any atom is -0.493 e. The lowest BCUT2D eigenvalue weighted by Gasteiger charge is -2.41. The normalized spacial score (nSPS) is 16.9. The van der Waals surface area contributed by atoms with E-state index in [-0.39, 0.29) is 12.0 Å². The Kier molecular flexibility index (Phi) is 3.66. The third kappa shape index (κ3) is 1.90. The summed E-state index contributed by atoms with van der Waals surface area (Å²) in [6.45, 7) is 0.158. The Morgan fingerprint density at radius 1 is 1.06 bits per heavy atom. The van der Waals surface area contributed by atoms with E-state index in [1.165, 1.54) is 0 Å². The summed E-state index contributed by atoms with van der Waals surface area (Å²) in [7, 11) is 4.80. The first kappa shape index (κ1) is 13.0. The highest BCUT2D eigenvalue weighted by Crippen LogP contribution is 2.48. The van der Waals surface area contributed by atoms with Crippen LogP contribution in [0.25, 0.3) is 0 Å². The molecule has 0 unspecified atom stereocenters. The molecule has 1 N–H and O–H groups in total. The van der Waals surface area contributed by atoms with Gasteiger partial charge in [0.25, 0.3) is 0 Å². The second-order valence-corrected chi connectivity index (χ2v) is 4.71. The molecular weight excluding hydrogens is 232 g/mol. The van der Waals surface area contributed by atoms with Gasteiger partial charge in [0.2, 0.25) is 5.75 Å². The summed E-state index contributed by atoms with van der Waals surface area (Å²) < 4.78 is 16.0. The average Bonchev–Trinajstić information content (AvgIpc) is 2.36. The highest BCUT2D eigenvalue weighted by Gasteiger charge is 2.39. The fourth-order valence-corrected chi connectivity index (χ4v) is 2.53. The molecule has 1 aliphatic rings. The number of hydrogen-bond donors (Lipinski definition) is 1. The number of rotatable bonds is 5. The minimum absolute atomic E-state index is 0.132. The van der Waals surface area contributed by atoms with Crippen molar-refractivity contribution in [3.8, 4) is 17.2 Å². The van der Waals surface area contributed by atoms with E-state index in [2.05, 4.69) is 0 Å². The molecule has 0 aromatic heterocycles. The Morgan fingerprint density at radius 3 is 1.89 bits per heavy atom. The summed E-state index contributed by atoms with van der Waals surface area (Å²) in [6, 6.07) is 3.88. The molecule has 1 fully saturated rings. The zero-order valence-corrected chi connectivity index (χ0v) is 11.2. The van der Waals surface area contributed by atoms with Gasteiger partial charge in [0.15, 0.2) is 11.5 Å². The first-order valence-corrected chi connectivity index (χ1v) is 6.12. The van der Waals surface area contributed by atoms with Crippen LogP contribution in [0, 0.1) is 0 Å². The summed E-state index contributed by atoms with van der Waals surface area (Å²) in [5.41, 5.74) is 0.929. The van der Waals surface area contributed by atoms with Crippen molar-refractivity contribution >= 4 is 0 Å². The summed E-state index contributed by atoms with van der Waals surface area (Å²) in [5, 5.41) is 9.63. The van der Waals surface area contributed by atoms with Crippen LogP contribution in [0.5, 0.6) is 17.2 Å². The van der Waals surface area contributed by atoms with Gasteiger partial charge in [-0.1, -0.05) is 6.42 Å². The van der Waals surface area contributed by atoms with Crippen LogP contribution < -0.4 is 14.2 Å². The molecule has 0 heterocycles. The molecule has 0 atom stereocenters. The van der Waals surface area contributed by atoms with Crippen molar-refractivity contribution in [3.05, 3.63) is 17.7 Å². The zero-order chi connectivity index (χ0) is 13.2. The Morgan fingerprint density at radius 2 is 1.61 bits per heavy atom. The molecule has 0 saturated heterocycles. The van der Waals surface area contributed by atoms with E-state index in [0.717, 1.165) is 24.8 Å². The quantitative estimate of drug-likeness (QED) is 0.872. The van der Waals surface area contributed by atoms with Gasteiger partial charge in [0, 0.05) is 5.41 Å². The van der Waals surface area contributed by atoms with Crippen LogP contribution in [0.3, 0.4) is 0 Å². The Hall–Kier alpha value is -1.42. The maximum absolute atomic E-state index is 9.63. The molecule has 0 spiro atoms.